The molecule has 1 amide bonds. The third-order valence-corrected chi connectivity index (χ3v) is 6.27. The first-order chi connectivity index (χ1) is 15.5. The number of carbonyl (C=O) groups excluding carboxylic acids is 1. The van der Waals surface area contributed by atoms with Crippen LogP contribution in [0.2, 0.25) is 0 Å². The van der Waals surface area contributed by atoms with Crippen LogP contribution in [0.15, 0.2) is 54.6 Å². The highest BCUT2D eigenvalue weighted by atomic mass is 16.5. The van der Waals surface area contributed by atoms with Gasteiger partial charge in [-0.2, -0.15) is 0 Å². The minimum absolute atomic E-state index is 0.0958. The van der Waals surface area contributed by atoms with E-state index in [0.29, 0.717) is 30.9 Å². The molecule has 2 saturated carbocycles. The Bertz CT molecular complexity index is 746. The summed E-state index contributed by atoms with van der Waals surface area (Å²) < 4.78 is 5.55. The third-order valence-electron chi connectivity index (χ3n) is 6.27. The van der Waals surface area contributed by atoms with E-state index >= 15 is 0 Å². The van der Waals surface area contributed by atoms with Gasteiger partial charge in [0.25, 0.3) is 0 Å². The molecule has 3 rings (SSSR count). The summed E-state index contributed by atoms with van der Waals surface area (Å²) in [5.74, 6) is 1.21. The fourth-order valence-electron chi connectivity index (χ4n) is 4.14. The minimum atomic E-state index is -0.789. The molecule has 2 aliphatic rings. The lowest BCUT2D eigenvalue weighted by Crippen LogP contribution is -2.24. The van der Waals surface area contributed by atoms with Crippen molar-refractivity contribution in [3.05, 3.63) is 54.6 Å². The highest BCUT2D eigenvalue weighted by Crippen LogP contribution is 2.36. The van der Waals surface area contributed by atoms with E-state index in [1.54, 1.807) is 6.08 Å². The number of unbranched alkanes of at least 4 members (excludes halogenated alkanes) is 1. The zero-order valence-corrected chi connectivity index (χ0v) is 18.7. The molecular weight excluding hydrogens is 406 g/mol. The average Bonchev–Trinajstić information content (AvgIpc) is 3.58. The number of ether oxygens (including phenoxy) is 1. The van der Waals surface area contributed by atoms with Crippen LogP contribution in [0.5, 0.6) is 5.75 Å². The van der Waals surface area contributed by atoms with Gasteiger partial charge in [0.05, 0.1) is 12.2 Å². The minimum Gasteiger partial charge on any atom is -0.491 e. The monoisotopic (exact) mass is 443 g/mol. The largest absolute Gasteiger partial charge is 0.491 e. The maximum Gasteiger partial charge on any atom is 0.220 e. The Labute approximate surface area is 191 Å². The summed E-state index contributed by atoms with van der Waals surface area (Å²) in [6.07, 6.45) is 11.2. The standard InChI is InChI=1S/C26H37NO5/c28-20(18-32-21-8-4-3-5-9-21)14-15-23-22(24(29)16-25(23)30)10-6-1-2-7-11-26(31)27-17-19-12-13-19/h1,3-6,8-9,14-15,19-20,22-25,28-30H,2,7,10-13,16-18H2,(H,27,31)/b6-1+,15-14+/t20-,22-,23-,24+,25-/m1/s1. The normalized spacial score (nSPS) is 26.6. The maximum absolute atomic E-state index is 11.8. The van der Waals surface area contributed by atoms with Gasteiger partial charge in [0.2, 0.25) is 5.91 Å². The number of aliphatic hydroxyl groups excluding tert-OH is 3. The van der Waals surface area contributed by atoms with Crippen LogP contribution in [0.4, 0.5) is 0 Å². The van der Waals surface area contributed by atoms with Gasteiger partial charge in [-0.05, 0) is 56.1 Å². The van der Waals surface area contributed by atoms with Crippen LogP contribution < -0.4 is 10.1 Å². The molecule has 176 valence electrons. The number of benzene rings is 1. The molecule has 32 heavy (non-hydrogen) atoms. The molecule has 4 N–H and O–H groups in total. The first-order valence-electron chi connectivity index (χ1n) is 11.8. The summed E-state index contributed by atoms with van der Waals surface area (Å²) in [7, 11) is 0. The lowest BCUT2D eigenvalue weighted by atomic mass is 9.89. The van der Waals surface area contributed by atoms with Crippen LogP contribution in [0.25, 0.3) is 0 Å². The third kappa shape index (κ3) is 8.41. The SMILES string of the molecule is O=C(CCC/C=C/C[C@@H]1[C@@H](/C=C/[C@@H](O)COc2ccccc2)[C@H](O)C[C@@H]1O)NCC1CC1. The molecule has 0 saturated heterocycles. The topological polar surface area (TPSA) is 99.0 Å². The molecule has 1 aromatic rings. The molecule has 0 bridgehead atoms. The molecule has 0 unspecified atom stereocenters. The molecule has 1 aromatic carbocycles. The van der Waals surface area contributed by atoms with Crippen molar-refractivity contribution in [2.45, 2.75) is 63.3 Å². The number of hydrogen-bond acceptors (Lipinski definition) is 5. The Morgan fingerprint density at radius 1 is 1.16 bits per heavy atom. The van der Waals surface area contributed by atoms with Crippen LogP contribution in [-0.2, 0) is 4.79 Å². The zero-order valence-electron chi connectivity index (χ0n) is 18.7. The summed E-state index contributed by atoms with van der Waals surface area (Å²) in [6.45, 7) is 0.948. The summed E-state index contributed by atoms with van der Waals surface area (Å²) in [6, 6.07) is 9.30. The second kappa shape index (κ2) is 12.8. The lowest BCUT2D eigenvalue weighted by molar-refractivity contribution is -0.121. The molecule has 0 heterocycles. The molecule has 0 radical (unpaired) electrons. The highest BCUT2D eigenvalue weighted by Gasteiger charge is 2.39. The Kier molecular flexibility index (Phi) is 9.78. The van der Waals surface area contributed by atoms with Gasteiger partial charge in [0.15, 0.2) is 0 Å². The van der Waals surface area contributed by atoms with E-state index in [9.17, 15) is 20.1 Å². The Hall–Kier alpha value is -2.15. The van der Waals surface area contributed by atoms with Crippen molar-refractivity contribution < 1.29 is 24.9 Å². The van der Waals surface area contributed by atoms with Crippen LogP contribution in [-0.4, -0.2) is 52.7 Å². The van der Waals surface area contributed by atoms with Crippen molar-refractivity contribution in [1.29, 1.82) is 0 Å². The van der Waals surface area contributed by atoms with Crippen molar-refractivity contribution >= 4 is 5.91 Å². The number of carbonyl (C=O) groups is 1. The van der Waals surface area contributed by atoms with Crippen LogP contribution in [0.3, 0.4) is 0 Å². The number of nitrogens with one attached hydrogen (secondary N) is 1. The first kappa shape index (κ1) is 24.5. The van der Waals surface area contributed by atoms with Crippen molar-refractivity contribution in [1.82, 2.24) is 5.32 Å². The van der Waals surface area contributed by atoms with Crippen LogP contribution in [0.1, 0.15) is 44.9 Å². The maximum atomic E-state index is 11.8. The fourth-order valence-corrected chi connectivity index (χ4v) is 4.14. The molecular formula is C26H37NO5. The molecule has 6 nitrogen and oxygen atoms in total. The summed E-state index contributed by atoms with van der Waals surface area (Å²) in [4.78, 5) is 11.8. The number of aliphatic hydroxyl groups is 3. The number of para-hydroxylation sites is 1. The Morgan fingerprint density at radius 2 is 1.94 bits per heavy atom. The van der Waals surface area contributed by atoms with Crippen molar-refractivity contribution in [3.8, 4) is 5.75 Å². The van der Waals surface area contributed by atoms with E-state index in [4.69, 9.17) is 4.74 Å². The van der Waals surface area contributed by atoms with Gasteiger partial charge in [0, 0.05) is 25.3 Å². The van der Waals surface area contributed by atoms with E-state index in [2.05, 4.69) is 11.4 Å². The smallest absolute Gasteiger partial charge is 0.220 e. The van der Waals surface area contributed by atoms with Gasteiger partial charge in [-0.3, -0.25) is 4.79 Å². The molecule has 2 aliphatic carbocycles. The molecule has 0 spiro atoms. The molecule has 0 aromatic heterocycles. The number of hydrogen-bond donors (Lipinski definition) is 4. The van der Waals surface area contributed by atoms with E-state index in [0.717, 1.165) is 19.4 Å². The predicted molar refractivity (Wildman–Crippen MR) is 124 cm³/mol. The second-order valence-corrected chi connectivity index (χ2v) is 9.03. The Balaban J connectivity index is 1.37. The van der Waals surface area contributed by atoms with E-state index in [1.807, 2.05) is 42.5 Å². The van der Waals surface area contributed by atoms with Crippen molar-refractivity contribution in [3.63, 3.8) is 0 Å². The number of rotatable bonds is 13. The molecule has 2 fully saturated rings. The van der Waals surface area contributed by atoms with E-state index in [-0.39, 0.29) is 24.3 Å². The van der Waals surface area contributed by atoms with E-state index < -0.39 is 18.3 Å². The average molecular weight is 444 g/mol. The first-order valence-corrected chi connectivity index (χ1v) is 11.8. The predicted octanol–water partition coefficient (Wildman–Crippen LogP) is 2.98. The van der Waals surface area contributed by atoms with Gasteiger partial charge >= 0.3 is 0 Å². The number of amides is 1. The van der Waals surface area contributed by atoms with Gasteiger partial charge in [-0.1, -0.05) is 42.5 Å². The molecule has 5 atom stereocenters. The van der Waals surface area contributed by atoms with Crippen LogP contribution in [0, 0.1) is 17.8 Å². The Morgan fingerprint density at radius 3 is 2.69 bits per heavy atom. The molecule has 6 heteroatoms. The quantitative estimate of drug-likeness (QED) is 0.278. The number of allylic oxidation sites excluding steroid dienone is 2. The fraction of sp³-hybridized carbons (Fsp3) is 0.577. The second-order valence-electron chi connectivity index (χ2n) is 9.03. The van der Waals surface area contributed by atoms with Gasteiger partial charge < -0.3 is 25.4 Å². The van der Waals surface area contributed by atoms with Gasteiger partial charge in [-0.25, -0.2) is 0 Å². The van der Waals surface area contributed by atoms with Gasteiger partial charge in [0.1, 0.15) is 18.5 Å². The summed E-state index contributed by atoms with van der Waals surface area (Å²) in [5.41, 5.74) is 0. The summed E-state index contributed by atoms with van der Waals surface area (Å²) in [5, 5.41) is 33.9. The highest BCUT2D eigenvalue weighted by molar-refractivity contribution is 5.75. The zero-order chi connectivity index (χ0) is 22.8. The van der Waals surface area contributed by atoms with Gasteiger partial charge in [-0.15, -0.1) is 0 Å². The van der Waals surface area contributed by atoms with Crippen molar-refractivity contribution in [2.75, 3.05) is 13.2 Å². The van der Waals surface area contributed by atoms with Crippen molar-refractivity contribution in [2.24, 2.45) is 17.8 Å². The van der Waals surface area contributed by atoms with E-state index in [1.165, 1.54) is 12.8 Å². The summed E-state index contributed by atoms with van der Waals surface area (Å²) >= 11 is 0. The molecule has 0 aliphatic heterocycles. The van der Waals surface area contributed by atoms with Crippen LogP contribution >= 0.6 is 0 Å². The lowest BCUT2D eigenvalue weighted by Gasteiger charge is -2.19.